The minimum Gasteiger partial charge on any atom is -0.497 e. The molecule has 8 heteroatoms. The second kappa shape index (κ2) is 9.66. The molecule has 2 amide bonds. The highest BCUT2D eigenvalue weighted by Crippen LogP contribution is 2.44. The molecule has 8 nitrogen and oxygen atoms in total. The van der Waals surface area contributed by atoms with E-state index in [1.165, 1.54) is 26.2 Å². The summed E-state index contributed by atoms with van der Waals surface area (Å²) in [6.45, 7) is 1.46. The third kappa shape index (κ3) is 4.56. The molecule has 0 aliphatic heterocycles. The van der Waals surface area contributed by atoms with Crippen molar-refractivity contribution in [3.05, 3.63) is 83.4 Å². The number of amides is 2. The number of nitrogens with one attached hydrogen (secondary N) is 2. The molecule has 0 saturated carbocycles. The fourth-order valence-electron chi connectivity index (χ4n) is 4.03. The number of fused-ring (bicyclic) bond motifs is 3. The van der Waals surface area contributed by atoms with E-state index in [0.717, 1.165) is 22.3 Å². The predicted molar refractivity (Wildman–Crippen MR) is 126 cm³/mol. The average Bonchev–Trinajstić information content (AvgIpc) is 3.16. The van der Waals surface area contributed by atoms with Crippen LogP contribution in [0.4, 0.5) is 10.5 Å². The zero-order valence-corrected chi connectivity index (χ0v) is 18.7. The van der Waals surface area contributed by atoms with Gasteiger partial charge in [-0.2, -0.15) is 0 Å². The molecular formula is C26H24N2O6. The standard InChI is InChI=1S/C26H24N2O6/c1-15(25(30)31)27-24(29)21-13-16(33-2)11-12-23(21)28-26(32)34-14-22-19-9-5-3-7-17(19)18-8-4-6-10-20(18)22/h3-13,15,22H,14H2,1-2H3,(H,27,29)(H,28,32)(H,30,31). The number of benzene rings is 3. The highest BCUT2D eigenvalue weighted by Gasteiger charge is 2.29. The number of carbonyl (C=O) groups excluding carboxylic acids is 2. The second-order valence-electron chi connectivity index (χ2n) is 7.90. The normalized spacial score (nSPS) is 12.8. The van der Waals surface area contributed by atoms with Gasteiger partial charge in [0.1, 0.15) is 18.4 Å². The van der Waals surface area contributed by atoms with Gasteiger partial charge < -0.3 is 19.9 Å². The van der Waals surface area contributed by atoms with Gasteiger partial charge in [-0.05, 0) is 47.4 Å². The Bertz CT molecular complexity index is 1210. The van der Waals surface area contributed by atoms with Crippen LogP contribution in [0.1, 0.15) is 34.3 Å². The van der Waals surface area contributed by atoms with E-state index in [0.29, 0.717) is 5.75 Å². The molecule has 1 atom stereocenters. The van der Waals surface area contributed by atoms with Crippen LogP contribution in [-0.2, 0) is 9.53 Å². The summed E-state index contributed by atoms with van der Waals surface area (Å²) in [7, 11) is 1.44. The Morgan fingerprint density at radius 3 is 2.18 bits per heavy atom. The first-order valence-corrected chi connectivity index (χ1v) is 10.7. The third-order valence-corrected chi connectivity index (χ3v) is 5.77. The number of anilines is 1. The number of aliphatic carboxylic acids is 1. The molecule has 0 spiro atoms. The summed E-state index contributed by atoms with van der Waals surface area (Å²) in [6.07, 6.45) is -0.729. The predicted octanol–water partition coefficient (Wildman–Crippen LogP) is 4.26. The van der Waals surface area contributed by atoms with Crippen molar-refractivity contribution in [2.45, 2.75) is 18.9 Å². The summed E-state index contributed by atoms with van der Waals surface area (Å²) in [5.74, 6) is -1.57. The zero-order valence-electron chi connectivity index (χ0n) is 18.7. The lowest BCUT2D eigenvalue weighted by Gasteiger charge is -2.16. The van der Waals surface area contributed by atoms with E-state index in [2.05, 4.69) is 22.8 Å². The molecule has 3 aromatic carbocycles. The van der Waals surface area contributed by atoms with E-state index >= 15 is 0 Å². The van der Waals surface area contributed by atoms with Crippen LogP contribution in [0.3, 0.4) is 0 Å². The number of carbonyl (C=O) groups is 3. The monoisotopic (exact) mass is 460 g/mol. The van der Waals surface area contributed by atoms with E-state index in [1.807, 2.05) is 36.4 Å². The fraction of sp³-hybridized carbons (Fsp3) is 0.192. The molecule has 4 rings (SSSR count). The number of hydrogen-bond donors (Lipinski definition) is 3. The Morgan fingerprint density at radius 2 is 1.59 bits per heavy atom. The highest BCUT2D eigenvalue weighted by atomic mass is 16.5. The molecule has 0 saturated heterocycles. The minimum absolute atomic E-state index is 0.0564. The summed E-state index contributed by atoms with van der Waals surface area (Å²) in [4.78, 5) is 36.4. The van der Waals surface area contributed by atoms with Crippen LogP contribution in [0.15, 0.2) is 66.7 Å². The van der Waals surface area contributed by atoms with Gasteiger partial charge in [0.2, 0.25) is 0 Å². The van der Waals surface area contributed by atoms with E-state index in [4.69, 9.17) is 14.6 Å². The topological polar surface area (TPSA) is 114 Å². The first kappa shape index (κ1) is 22.8. The van der Waals surface area contributed by atoms with E-state index in [9.17, 15) is 14.4 Å². The molecule has 0 heterocycles. The molecule has 0 bridgehead atoms. The van der Waals surface area contributed by atoms with Crippen molar-refractivity contribution in [1.82, 2.24) is 5.32 Å². The van der Waals surface area contributed by atoms with E-state index in [1.54, 1.807) is 6.07 Å². The van der Waals surface area contributed by atoms with Crippen LogP contribution in [0.25, 0.3) is 11.1 Å². The molecule has 3 N–H and O–H groups in total. The number of ether oxygens (including phenoxy) is 2. The first-order valence-electron chi connectivity index (χ1n) is 10.7. The van der Waals surface area contributed by atoms with Crippen LogP contribution in [0, 0.1) is 0 Å². The van der Waals surface area contributed by atoms with Gasteiger partial charge in [0.05, 0.1) is 18.4 Å². The zero-order chi connectivity index (χ0) is 24.2. The number of carboxylic acid groups (broad SMARTS) is 1. The fourth-order valence-corrected chi connectivity index (χ4v) is 4.03. The van der Waals surface area contributed by atoms with Gasteiger partial charge in [-0.3, -0.25) is 14.9 Å². The molecule has 0 fully saturated rings. The summed E-state index contributed by atoms with van der Waals surface area (Å²) in [5, 5.41) is 14.0. The Labute approximate surface area is 196 Å². The number of methoxy groups -OCH3 is 1. The maximum absolute atomic E-state index is 12.7. The van der Waals surface area contributed by atoms with Gasteiger partial charge in [-0.1, -0.05) is 48.5 Å². The molecule has 0 aromatic heterocycles. The molecule has 174 valence electrons. The van der Waals surface area contributed by atoms with Crippen LogP contribution in [-0.4, -0.2) is 42.8 Å². The Kier molecular flexibility index (Phi) is 6.49. The third-order valence-electron chi connectivity index (χ3n) is 5.77. The van der Waals surface area contributed by atoms with Gasteiger partial charge in [-0.25, -0.2) is 4.79 Å². The molecule has 1 aliphatic rings. The van der Waals surface area contributed by atoms with Crippen molar-refractivity contribution < 1.29 is 29.0 Å². The van der Waals surface area contributed by atoms with E-state index < -0.39 is 24.0 Å². The largest absolute Gasteiger partial charge is 0.497 e. The van der Waals surface area contributed by atoms with Crippen molar-refractivity contribution in [2.24, 2.45) is 0 Å². The number of rotatable bonds is 7. The summed E-state index contributed by atoms with van der Waals surface area (Å²) >= 11 is 0. The summed E-state index contributed by atoms with van der Waals surface area (Å²) < 4.78 is 10.7. The highest BCUT2D eigenvalue weighted by molar-refractivity contribution is 6.04. The second-order valence-corrected chi connectivity index (χ2v) is 7.90. The van der Waals surface area contributed by atoms with E-state index in [-0.39, 0.29) is 23.8 Å². The SMILES string of the molecule is COc1ccc(NC(=O)OCC2c3ccccc3-c3ccccc32)c(C(=O)NC(C)C(=O)O)c1. The Balaban J connectivity index is 1.50. The van der Waals surface area contributed by atoms with Crippen molar-refractivity contribution in [2.75, 3.05) is 19.0 Å². The van der Waals surface area contributed by atoms with Gasteiger partial charge in [-0.15, -0.1) is 0 Å². The quantitative estimate of drug-likeness (QED) is 0.486. The molecule has 1 aliphatic carbocycles. The van der Waals surface area contributed by atoms with Gasteiger partial charge in [0.25, 0.3) is 5.91 Å². The van der Waals surface area contributed by atoms with Crippen molar-refractivity contribution in [1.29, 1.82) is 0 Å². The lowest BCUT2D eigenvalue weighted by Crippen LogP contribution is -2.38. The molecule has 1 unspecified atom stereocenters. The van der Waals surface area contributed by atoms with Crippen LogP contribution in [0.5, 0.6) is 5.75 Å². The Hall–Kier alpha value is -4.33. The smallest absolute Gasteiger partial charge is 0.411 e. The van der Waals surface area contributed by atoms with Crippen LogP contribution < -0.4 is 15.4 Å². The lowest BCUT2D eigenvalue weighted by atomic mass is 9.98. The minimum atomic E-state index is -1.18. The molecular weight excluding hydrogens is 436 g/mol. The average molecular weight is 460 g/mol. The maximum Gasteiger partial charge on any atom is 0.411 e. The van der Waals surface area contributed by atoms with Gasteiger partial charge in [0, 0.05) is 5.92 Å². The summed E-state index contributed by atoms with van der Waals surface area (Å²) in [5.41, 5.74) is 4.64. The van der Waals surface area contributed by atoms with Crippen LogP contribution >= 0.6 is 0 Å². The van der Waals surface area contributed by atoms with Crippen molar-refractivity contribution in [3.8, 4) is 16.9 Å². The maximum atomic E-state index is 12.7. The van der Waals surface area contributed by atoms with Crippen LogP contribution in [0.2, 0.25) is 0 Å². The molecule has 0 radical (unpaired) electrons. The molecule has 3 aromatic rings. The Morgan fingerprint density at radius 1 is 0.971 bits per heavy atom. The number of carboxylic acids is 1. The van der Waals surface area contributed by atoms with Crippen molar-refractivity contribution in [3.63, 3.8) is 0 Å². The lowest BCUT2D eigenvalue weighted by molar-refractivity contribution is -0.138. The number of hydrogen-bond acceptors (Lipinski definition) is 5. The van der Waals surface area contributed by atoms with Gasteiger partial charge in [0.15, 0.2) is 0 Å². The summed E-state index contributed by atoms with van der Waals surface area (Å²) in [6, 6.07) is 19.4. The van der Waals surface area contributed by atoms with Crippen molar-refractivity contribution >= 4 is 23.7 Å². The first-order chi connectivity index (χ1) is 16.4. The molecule has 34 heavy (non-hydrogen) atoms. The van der Waals surface area contributed by atoms with Gasteiger partial charge >= 0.3 is 12.1 Å².